The van der Waals surface area contributed by atoms with E-state index in [0.717, 1.165) is 24.9 Å². The molecule has 1 amide bonds. The monoisotopic (exact) mass is 459 g/mol. The lowest BCUT2D eigenvalue weighted by molar-refractivity contribution is 0.0944. The van der Waals surface area contributed by atoms with Crippen molar-refractivity contribution in [1.29, 1.82) is 0 Å². The minimum absolute atomic E-state index is 0.0657. The maximum absolute atomic E-state index is 13.0. The number of rotatable bonds is 8. The van der Waals surface area contributed by atoms with E-state index >= 15 is 0 Å². The number of carbonyl (C=O) groups is 2. The molecule has 2 atom stereocenters. The van der Waals surface area contributed by atoms with Gasteiger partial charge in [0.05, 0.1) is 18.1 Å². The fraction of sp³-hybridized carbons (Fsp3) is 0.400. The lowest BCUT2D eigenvalue weighted by atomic mass is 9.85. The van der Waals surface area contributed by atoms with E-state index in [9.17, 15) is 9.59 Å². The third-order valence-electron chi connectivity index (χ3n) is 6.93. The summed E-state index contributed by atoms with van der Waals surface area (Å²) in [6.07, 6.45) is 9.76. The number of aromatic amines is 1. The van der Waals surface area contributed by atoms with Crippen LogP contribution in [0.15, 0.2) is 42.9 Å². The lowest BCUT2D eigenvalue weighted by Gasteiger charge is -2.40. The summed E-state index contributed by atoms with van der Waals surface area (Å²) in [5, 5.41) is 9.68. The molecule has 9 nitrogen and oxygen atoms in total. The Hall–Kier alpha value is -3.75. The largest absolute Gasteiger partial charge is 0.364 e. The standard InChI is InChI=1S/C25H29N7O2/c1-15-19(11-21(33)18-8-6-17(7-9-18)16-4-5-16)3-2-10-32(15)22-14-27-23(24(26)34)25(31-22)30-20-12-28-29-13-20/h6-9,12-16,19H,2-5,10-11H2,1H3,(H2,26,34)(H,28,29)(H,30,31)/t15-,19+/m1/s1. The summed E-state index contributed by atoms with van der Waals surface area (Å²) in [5.41, 5.74) is 8.34. The number of piperidine rings is 1. The van der Waals surface area contributed by atoms with Gasteiger partial charge in [-0.25, -0.2) is 9.97 Å². The Morgan fingerprint density at radius 3 is 2.65 bits per heavy atom. The van der Waals surface area contributed by atoms with Gasteiger partial charge in [0.25, 0.3) is 5.91 Å². The third-order valence-corrected chi connectivity index (χ3v) is 6.93. The van der Waals surface area contributed by atoms with Crippen LogP contribution < -0.4 is 16.0 Å². The summed E-state index contributed by atoms with van der Waals surface area (Å²) in [4.78, 5) is 36.0. The van der Waals surface area contributed by atoms with Crippen molar-refractivity contribution in [2.75, 3.05) is 16.8 Å². The van der Waals surface area contributed by atoms with E-state index in [1.54, 1.807) is 18.6 Å². The number of ketones is 1. The van der Waals surface area contributed by atoms with Crippen molar-refractivity contribution in [3.63, 3.8) is 0 Å². The van der Waals surface area contributed by atoms with Crippen LogP contribution in [0.2, 0.25) is 0 Å². The van der Waals surface area contributed by atoms with Crippen molar-refractivity contribution in [2.45, 2.75) is 51.0 Å². The van der Waals surface area contributed by atoms with Crippen LogP contribution in [0.1, 0.15) is 71.4 Å². The highest BCUT2D eigenvalue weighted by atomic mass is 16.1. The summed E-state index contributed by atoms with van der Waals surface area (Å²) in [6.45, 7) is 2.93. The Morgan fingerprint density at radius 2 is 1.97 bits per heavy atom. The van der Waals surface area contributed by atoms with E-state index < -0.39 is 5.91 Å². The minimum Gasteiger partial charge on any atom is -0.364 e. The first-order valence-electron chi connectivity index (χ1n) is 11.8. The molecular weight excluding hydrogens is 430 g/mol. The molecule has 0 unspecified atom stereocenters. The number of hydrogen-bond donors (Lipinski definition) is 3. The number of H-pyrrole nitrogens is 1. The maximum atomic E-state index is 13.0. The van der Waals surface area contributed by atoms with E-state index in [1.807, 2.05) is 12.1 Å². The predicted octanol–water partition coefficient (Wildman–Crippen LogP) is 3.80. The van der Waals surface area contributed by atoms with Crippen molar-refractivity contribution in [3.05, 3.63) is 59.7 Å². The Labute approximate surface area is 198 Å². The van der Waals surface area contributed by atoms with Gasteiger partial charge in [0, 0.05) is 30.8 Å². The molecule has 3 heterocycles. The second-order valence-corrected chi connectivity index (χ2v) is 9.26. The number of aromatic nitrogens is 4. The van der Waals surface area contributed by atoms with Crippen molar-refractivity contribution in [2.24, 2.45) is 11.7 Å². The molecule has 4 N–H and O–H groups in total. The second-order valence-electron chi connectivity index (χ2n) is 9.26. The van der Waals surface area contributed by atoms with E-state index in [4.69, 9.17) is 5.73 Å². The van der Waals surface area contributed by atoms with Crippen LogP contribution in [0.5, 0.6) is 0 Å². The normalized spacial score (nSPS) is 20.2. The molecule has 0 spiro atoms. The van der Waals surface area contributed by atoms with Crippen LogP contribution in [-0.4, -0.2) is 44.4 Å². The first kappa shape index (κ1) is 22.1. The Kier molecular flexibility index (Phi) is 6.00. The molecule has 9 heteroatoms. The fourth-order valence-electron chi connectivity index (χ4n) is 4.77. The number of benzene rings is 1. The average molecular weight is 460 g/mol. The number of hydrogen-bond acceptors (Lipinski definition) is 7. The summed E-state index contributed by atoms with van der Waals surface area (Å²) in [5.74, 6) is 1.34. The lowest BCUT2D eigenvalue weighted by Crippen LogP contribution is -2.44. The smallest absolute Gasteiger partial charge is 0.271 e. The quantitative estimate of drug-likeness (QED) is 0.437. The number of Topliss-reactive ketones (excluding diaryl/α,β-unsaturated/α-hetero) is 1. The number of amides is 1. The highest BCUT2D eigenvalue weighted by molar-refractivity contribution is 5.97. The molecule has 1 saturated heterocycles. The van der Waals surface area contributed by atoms with Gasteiger partial charge in [0.2, 0.25) is 0 Å². The van der Waals surface area contributed by atoms with E-state index in [-0.39, 0.29) is 29.3 Å². The van der Waals surface area contributed by atoms with Gasteiger partial charge in [-0.15, -0.1) is 0 Å². The van der Waals surface area contributed by atoms with Crippen molar-refractivity contribution < 1.29 is 9.59 Å². The van der Waals surface area contributed by atoms with Crippen molar-refractivity contribution in [1.82, 2.24) is 20.2 Å². The van der Waals surface area contributed by atoms with Gasteiger partial charge in [0.15, 0.2) is 17.3 Å². The fourth-order valence-corrected chi connectivity index (χ4v) is 4.77. The molecule has 0 bridgehead atoms. The van der Waals surface area contributed by atoms with Crippen LogP contribution in [0.4, 0.5) is 17.3 Å². The van der Waals surface area contributed by atoms with Gasteiger partial charge in [-0.1, -0.05) is 24.3 Å². The van der Waals surface area contributed by atoms with E-state index in [1.165, 1.54) is 18.4 Å². The summed E-state index contributed by atoms with van der Waals surface area (Å²) < 4.78 is 0. The topological polar surface area (TPSA) is 130 Å². The molecule has 3 aromatic rings. The number of nitrogens with zero attached hydrogens (tertiary/aromatic N) is 4. The van der Waals surface area contributed by atoms with E-state index in [2.05, 4.69) is 49.4 Å². The molecule has 5 rings (SSSR count). The van der Waals surface area contributed by atoms with Gasteiger partial charge >= 0.3 is 0 Å². The van der Waals surface area contributed by atoms with Crippen LogP contribution >= 0.6 is 0 Å². The summed E-state index contributed by atoms with van der Waals surface area (Å²) in [6, 6.07) is 8.25. The third kappa shape index (κ3) is 4.64. The molecule has 1 aliphatic carbocycles. The number of anilines is 3. The zero-order valence-corrected chi connectivity index (χ0v) is 19.2. The molecule has 2 fully saturated rings. The number of carbonyl (C=O) groups excluding carboxylic acids is 2. The maximum Gasteiger partial charge on any atom is 0.271 e. The Balaban J connectivity index is 1.32. The van der Waals surface area contributed by atoms with Crippen LogP contribution in [-0.2, 0) is 0 Å². The Bertz CT molecular complexity index is 1170. The molecule has 2 aliphatic rings. The van der Waals surface area contributed by atoms with Crippen LogP contribution in [0.3, 0.4) is 0 Å². The molecule has 1 aliphatic heterocycles. The summed E-state index contributed by atoms with van der Waals surface area (Å²) >= 11 is 0. The zero-order chi connectivity index (χ0) is 23.7. The van der Waals surface area contributed by atoms with Gasteiger partial charge < -0.3 is 16.0 Å². The molecule has 34 heavy (non-hydrogen) atoms. The van der Waals surface area contributed by atoms with Crippen molar-refractivity contribution >= 4 is 29.0 Å². The van der Waals surface area contributed by atoms with Crippen LogP contribution in [0, 0.1) is 5.92 Å². The van der Waals surface area contributed by atoms with Crippen molar-refractivity contribution in [3.8, 4) is 0 Å². The van der Waals surface area contributed by atoms with Gasteiger partial charge in [0.1, 0.15) is 5.82 Å². The van der Waals surface area contributed by atoms with Crippen LogP contribution in [0.25, 0.3) is 0 Å². The molecule has 2 aromatic heterocycles. The zero-order valence-electron chi connectivity index (χ0n) is 19.2. The molecule has 1 aromatic carbocycles. The molecule has 1 saturated carbocycles. The number of primary amides is 1. The number of nitrogens with one attached hydrogen (secondary N) is 2. The van der Waals surface area contributed by atoms with Gasteiger partial charge in [-0.05, 0) is 50.0 Å². The predicted molar refractivity (Wildman–Crippen MR) is 129 cm³/mol. The average Bonchev–Trinajstić information content (AvgIpc) is 3.57. The molecule has 0 radical (unpaired) electrons. The van der Waals surface area contributed by atoms with E-state index in [0.29, 0.717) is 23.8 Å². The highest BCUT2D eigenvalue weighted by Crippen LogP contribution is 2.40. The Morgan fingerprint density at radius 1 is 1.18 bits per heavy atom. The van der Waals surface area contributed by atoms with Gasteiger partial charge in [-0.2, -0.15) is 5.10 Å². The summed E-state index contributed by atoms with van der Waals surface area (Å²) in [7, 11) is 0. The minimum atomic E-state index is -0.659. The SMILES string of the molecule is C[C@@H]1[C@H](CC(=O)c2ccc(C3CC3)cc2)CCCN1c1cnc(C(N)=O)c(Nc2cn[nH]c2)n1. The number of nitrogens with two attached hydrogens (primary N) is 1. The molecule has 176 valence electrons. The first-order chi connectivity index (χ1) is 16.5. The highest BCUT2D eigenvalue weighted by Gasteiger charge is 2.31. The molecular formula is C25H29N7O2. The van der Waals surface area contributed by atoms with Gasteiger partial charge in [-0.3, -0.25) is 14.7 Å². The first-order valence-corrected chi connectivity index (χ1v) is 11.8. The second kappa shape index (κ2) is 9.24.